The van der Waals surface area contributed by atoms with Gasteiger partial charge in [0.25, 0.3) is 0 Å². The van der Waals surface area contributed by atoms with Crippen LogP contribution in [0.2, 0.25) is 10.0 Å². The van der Waals surface area contributed by atoms with Crippen LogP contribution in [0.3, 0.4) is 0 Å². The molecule has 0 unspecified atom stereocenters. The molecular weight excluding hydrogens is 431 g/mol. The number of nitrogens with zero attached hydrogens (tertiary/aromatic N) is 6. The Morgan fingerprint density at radius 3 is 2.35 bits per heavy atom. The summed E-state index contributed by atoms with van der Waals surface area (Å²) in [6, 6.07) is 7.72. The number of fused-ring (bicyclic) bond motifs is 1. The molecule has 0 radical (unpaired) electrons. The van der Waals surface area contributed by atoms with E-state index < -0.39 is 0 Å². The van der Waals surface area contributed by atoms with E-state index >= 15 is 0 Å². The lowest BCUT2D eigenvalue weighted by molar-refractivity contribution is 0.568. The van der Waals surface area contributed by atoms with E-state index in [1.165, 1.54) is 19.3 Å². The lowest BCUT2D eigenvalue weighted by atomic mass is 10.1. The van der Waals surface area contributed by atoms with Gasteiger partial charge in [-0.15, -0.1) is 5.10 Å². The molecule has 1 saturated heterocycles. The molecule has 4 heterocycles. The Morgan fingerprint density at radius 2 is 1.61 bits per heavy atom. The van der Waals surface area contributed by atoms with Crippen molar-refractivity contribution in [3.8, 4) is 11.3 Å². The zero-order chi connectivity index (χ0) is 21.2. The first kappa shape index (κ1) is 20.5. The Labute approximate surface area is 192 Å². The standard InChI is InChI=1S/C23H24Cl2N6/c24-18-6-4-7-19(25)17(18)15-31-11-5-8-20-22(31)12-21(29-28-20)16-13-26-23(27-14-16)30-9-2-1-3-10-30/h4,6-7,12-14H,1-3,5,8-11,15H2. The van der Waals surface area contributed by atoms with Gasteiger partial charge < -0.3 is 9.80 Å². The summed E-state index contributed by atoms with van der Waals surface area (Å²) in [5.41, 5.74) is 4.67. The Kier molecular flexibility index (Phi) is 5.92. The van der Waals surface area contributed by atoms with E-state index in [4.69, 9.17) is 23.2 Å². The number of rotatable bonds is 4. The van der Waals surface area contributed by atoms with Crippen LogP contribution in [-0.4, -0.2) is 39.8 Å². The predicted molar refractivity (Wildman–Crippen MR) is 125 cm³/mol. The van der Waals surface area contributed by atoms with Gasteiger partial charge in [0.05, 0.1) is 17.1 Å². The number of halogens is 2. The molecule has 2 aliphatic heterocycles. The monoisotopic (exact) mass is 454 g/mol. The minimum Gasteiger partial charge on any atom is -0.365 e. The smallest absolute Gasteiger partial charge is 0.225 e. The van der Waals surface area contributed by atoms with Gasteiger partial charge in [-0.3, -0.25) is 0 Å². The van der Waals surface area contributed by atoms with Crippen molar-refractivity contribution < 1.29 is 0 Å². The molecule has 0 saturated carbocycles. The van der Waals surface area contributed by atoms with Gasteiger partial charge in [0.1, 0.15) is 0 Å². The number of aromatic nitrogens is 4. The van der Waals surface area contributed by atoms with E-state index in [2.05, 4.69) is 36.0 Å². The van der Waals surface area contributed by atoms with Crippen molar-refractivity contribution >= 4 is 34.8 Å². The van der Waals surface area contributed by atoms with Crippen molar-refractivity contribution in [2.24, 2.45) is 0 Å². The number of anilines is 2. The third kappa shape index (κ3) is 4.32. The van der Waals surface area contributed by atoms with Gasteiger partial charge in [0.15, 0.2) is 0 Å². The summed E-state index contributed by atoms with van der Waals surface area (Å²) in [5, 5.41) is 10.3. The molecule has 0 spiro atoms. The summed E-state index contributed by atoms with van der Waals surface area (Å²) in [6.07, 6.45) is 9.34. The molecular formula is C23H24Cl2N6. The summed E-state index contributed by atoms with van der Waals surface area (Å²) in [6.45, 7) is 3.61. The molecule has 160 valence electrons. The lowest BCUT2D eigenvalue weighted by Gasteiger charge is -2.31. The van der Waals surface area contributed by atoms with E-state index in [9.17, 15) is 0 Å². The number of hydrogen-bond acceptors (Lipinski definition) is 6. The molecule has 0 amide bonds. The highest BCUT2D eigenvalue weighted by Gasteiger charge is 2.22. The second-order valence-corrected chi connectivity index (χ2v) is 8.92. The highest BCUT2D eigenvalue weighted by molar-refractivity contribution is 6.36. The molecule has 31 heavy (non-hydrogen) atoms. The Balaban J connectivity index is 1.42. The highest BCUT2D eigenvalue weighted by atomic mass is 35.5. The van der Waals surface area contributed by atoms with Crippen molar-refractivity contribution in [1.29, 1.82) is 0 Å². The Hall–Kier alpha value is -2.44. The van der Waals surface area contributed by atoms with Gasteiger partial charge in [0, 0.05) is 59.7 Å². The maximum absolute atomic E-state index is 6.42. The van der Waals surface area contributed by atoms with E-state index in [0.29, 0.717) is 16.6 Å². The van der Waals surface area contributed by atoms with Crippen LogP contribution in [0.25, 0.3) is 11.3 Å². The molecule has 8 heteroatoms. The first-order chi connectivity index (χ1) is 15.2. The van der Waals surface area contributed by atoms with E-state index in [1.54, 1.807) is 0 Å². The summed E-state index contributed by atoms with van der Waals surface area (Å²) in [7, 11) is 0. The molecule has 0 atom stereocenters. The second kappa shape index (κ2) is 8.97. The summed E-state index contributed by atoms with van der Waals surface area (Å²) in [5.74, 6) is 0.796. The minimum absolute atomic E-state index is 0.640. The van der Waals surface area contributed by atoms with Crippen molar-refractivity contribution in [3.05, 3.63) is 58.0 Å². The lowest BCUT2D eigenvalue weighted by Crippen LogP contribution is -2.31. The van der Waals surface area contributed by atoms with Gasteiger partial charge >= 0.3 is 0 Å². The molecule has 0 bridgehead atoms. The second-order valence-electron chi connectivity index (χ2n) is 8.11. The third-order valence-corrected chi connectivity index (χ3v) is 6.72. The van der Waals surface area contributed by atoms with Crippen molar-refractivity contribution in [2.45, 2.75) is 38.6 Å². The molecule has 6 nitrogen and oxygen atoms in total. The van der Waals surface area contributed by atoms with Crippen molar-refractivity contribution in [3.63, 3.8) is 0 Å². The molecule has 1 aromatic carbocycles. The molecule has 1 fully saturated rings. The fourth-order valence-corrected chi connectivity index (χ4v) is 4.82. The van der Waals surface area contributed by atoms with Gasteiger partial charge in [-0.25, -0.2) is 9.97 Å². The van der Waals surface area contributed by atoms with Crippen molar-refractivity contribution in [1.82, 2.24) is 20.2 Å². The summed E-state index contributed by atoms with van der Waals surface area (Å²) < 4.78 is 0. The topological polar surface area (TPSA) is 58.0 Å². The van der Waals surface area contributed by atoms with Crippen LogP contribution >= 0.6 is 23.2 Å². The number of piperidine rings is 1. The maximum atomic E-state index is 6.42. The number of benzene rings is 1. The van der Waals surface area contributed by atoms with Crippen LogP contribution in [0.4, 0.5) is 11.6 Å². The van der Waals surface area contributed by atoms with Gasteiger partial charge in [-0.2, -0.15) is 5.10 Å². The maximum Gasteiger partial charge on any atom is 0.225 e. The van der Waals surface area contributed by atoms with Gasteiger partial charge in [-0.1, -0.05) is 29.3 Å². The first-order valence-electron chi connectivity index (χ1n) is 10.8. The van der Waals surface area contributed by atoms with Crippen LogP contribution in [0, 0.1) is 0 Å². The molecule has 0 N–H and O–H groups in total. The average Bonchev–Trinajstić information content (AvgIpc) is 2.82. The predicted octanol–water partition coefficient (Wildman–Crippen LogP) is 5.18. The number of aryl methyl sites for hydroxylation is 1. The summed E-state index contributed by atoms with van der Waals surface area (Å²) in [4.78, 5) is 13.7. The Bertz CT molecular complexity index is 1050. The highest BCUT2D eigenvalue weighted by Crippen LogP contribution is 2.33. The molecule has 2 aliphatic rings. The quantitative estimate of drug-likeness (QED) is 0.540. The fourth-order valence-electron chi connectivity index (χ4n) is 4.31. The first-order valence-corrected chi connectivity index (χ1v) is 11.6. The van der Waals surface area contributed by atoms with Gasteiger partial charge in [-0.05, 0) is 50.3 Å². The van der Waals surface area contributed by atoms with Crippen LogP contribution in [0.1, 0.15) is 36.9 Å². The average molecular weight is 455 g/mol. The van der Waals surface area contributed by atoms with E-state index in [0.717, 1.165) is 66.6 Å². The normalized spacial score (nSPS) is 16.3. The van der Waals surface area contributed by atoms with Crippen LogP contribution in [-0.2, 0) is 13.0 Å². The van der Waals surface area contributed by atoms with Gasteiger partial charge in [0.2, 0.25) is 5.95 Å². The van der Waals surface area contributed by atoms with Crippen LogP contribution in [0.15, 0.2) is 36.7 Å². The molecule has 5 rings (SSSR count). The zero-order valence-electron chi connectivity index (χ0n) is 17.3. The minimum atomic E-state index is 0.640. The number of hydrogen-bond donors (Lipinski definition) is 0. The SMILES string of the molecule is Clc1cccc(Cl)c1CN1CCCc2nnc(-c3cnc(N4CCCCC4)nc3)cc21. The third-order valence-electron chi connectivity index (χ3n) is 6.01. The van der Waals surface area contributed by atoms with Crippen LogP contribution in [0.5, 0.6) is 0 Å². The molecule has 3 aromatic rings. The zero-order valence-corrected chi connectivity index (χ0v) is 18.8. The van der Waals surface area contributed by atoms with Crippen LogP contribution < -0.4 is 9.80 Å². The fraction of sp³-hybridized carbons (Fsp3) is 0.391. The molecule has 0 aliphatic carbocycles. The Morgan fingerprint density at radius 1 is 0.871 bits per heavy atom. The largest absolute Gasteiger partial charge is 0.365 e. The molecule has 2 aromatic heterocycles. The van der Waals surface area contributed by atoms with E-state index in [1.807, 2.05) is 30.6 Å². The van der Waals surface area contributed by atoms with Crippen molar-refractivity contribution in [2.75, 3.05) is 29.4 Å². The van der Waals surface area contributed by atoms with E-state index in [-0.39, 0.29) is 0 Å². The summed E-state index contributed by atoms with van der Waals surface area (Å²) >= 11 is 12.8.